The number of carbonyl (C=O) groups excluding carboxylic acids is 1. The number of nitrogens with one attached hydrogen (secondary N) is 1. The van der Waals surface area contributed by atoms with Gasteiger partial charge >= 0.3 is 0 Å². The summed E-state index contributed by atoms with van der Waals surface area (Å²) in [4.78, 5) is 17.2. The number of carbonyl (C=O) groups is 1. The molecule has 1 aromatic heterocycles. The van der Waals surface area contributed by atoms with Crippen molar-refractivity contribution >= 4 is 32.4 Å². The number of thiazole rings is 1. The van der Waals surface area contributed by atoms with Gasteiger partial charge in [-0.05, 0) is 37.3 Å². The lowest BCUT2D eigenvalue weighted by atomic mass is 9.85. The first-order valence-electron chi connectivity index (χ1n) is 8.86. The van der Waals surface area contributed by atoms with Gasteiger partial charge in [-0.3, -0.25) is 4.79 Å². The zero-order valence-corrected chi connectivity index (χ0v) is 15.9. The first-order chi connectivity index (χ1) is 12.6. The second-order valence-corrected chi connectivity index (χ2v) is 9.58. The molecule has 8 heteroatoms. The van der Waals surface area contributed by atoms with E-state index in [0.29, 0.717) is 11.6 Å². The molecule has 1 saturated carbocycles. The van der Waals surface area contributed by atoms with Gasteiger partial charge in [0.2, 0.25) is 15.9 Å². The minimum Gasteiger partial charge on any atom is -0.301 e. The fraction of sp³-hybridized carbons (Fsp3) is 0.444. The number of hydrogen-bond acceptors (Lipinski definition) is 5. The summed E-state index contributed by atoms with van der Waals surface area (Å²) in [5, 5.41) is 5.07. The van der Waals surface area contributed by atoms with Gasteiger partial charge in [-0.15, -0.1) is 11.3 Å². The molecule has 0 bridgehead atoms. The summed E-state index contributed by atoms with van der Waals surface area (Å²) >= 11 is 1.33. The molecule has 0 spiro atoms. The van der Waals surface area contributed by atoms with E-state index in [1.807, 2.05) is 0 Å². The molecule has 0 radical (unpaired) electrons. The lowest BCUT2D eigenvalue weighted by molar-refractivity contribution is -0.119. The average Bonchev–Trinajstić information content (AvgIpc) is 3.29. The molecule has 3 atom stereocenters. The number of amides is 1. The molecule has 4 rings (SSSR count). The largest absolute Gasteiger partial charge is 0.301 e. The molecule has 2 fully saturated rings. The molecule has 1 aliphatic heterocycles. The maximum absolute atomic E-state index is 13.3. The normalized spacial score (nSPS) is 26.4. The zero-order chi connectivity index (χ0) is 18.1. The van der Waals surface area contributed by atoms with Crippen molar-refractivity contribution in [2.24, 2.45) is 5.92 Å². The number of hydrogen-bond donors (Lipinski definition) is 1. The van der Waals surface area contributed by atoms with Crippen LogP contribution in [0.1, 0.15) is 32.1 Å². The molecule has 2 heterocycles. The van der Waals surface area contributed by atoms with Crippen LogP contribution in [-0.2, 0) is 14.8 Å². The van der Waals surface area contributed by atoms with Crippen LogP contribution in [0.4, 0.5) is 5.13 Å². The Bertz CT molecular complexity index is 868. The highest BCUT2D eigenvalue weighted by molar-refractivity contribution is 7.89. The molecule has 1 N–H and O–H groups in total. The Morgan fingerprint density at radius 3 is 2.69 bits per heavy atom. The van der Waals surface area contributed by atoms with E-state index in [2.05, 4.69) is 10.3 Å². The number of rotatable bonds is 4. The third-order valence-corrected chi connectivity index (χ3v) is 7.95. The van der Waals surface area contributed by atoms with Crippen molar-refractivity contribution in [2.75, 3.05) is 5.32 Å². The molecule has 1 aromatic carbocycles. The number of nitrogens with zero attached hydrogens (tertiary/aromatic N) is 2. The van der Waals surface area contributed by atoms with E-state index in [1.54, 1.807) is 41.9 Å². The summed E-state index contributed by atoms with van der Waals surface area (Å²) in [7, 11) is -3.73. The summed E-state index contributed by atoms with van der Waals surface area (Å²) in [5.41, 5.74) is 0. The molecule has 26 heavy (non-hydrogen) atoms. The minimum atomic E-state index is -3.73. The fourth-order valence-corrected chi connectivity index (χ4v) is 6.60. The van der Waals surface area contributed by atoms with Crippen LogP contribution in [0, 0.1) is 5.92 Å². The maximum atomic E-state index is 13.3. The monoisotopic (exact) mass is 391 g/mol. The highest BCUT2D eigenvalue weighted by atomic mass is 32.2. The summed E-state index contributed by atoms with van der Waals surface area (Å²) in [5.74, 6) is -0.0388. The number of fused-ring (bicyclic) bond motifs is 1. The third-order valence-electron chi connectivity index (χ3n) is 5.31. The molecular formula is C18H21N3O3S2. The second-order valence-electron chi connectivity index (χ2n) is 6.84. The average molecular weight is 392 g/mol. The maximum Gasteiger partial charge on any atom is 0.244 e. The van der Waals surface area contributed by atoms with Gasteiger partial charge in [0.25, 0.3) is 0 Å². The van der Waals surface area contributed by atoms with Crippen molar-refractivity contribution in [2.45, 2.75) is 49.1 Å². The number of benzene rings is 1. The Morgan fingerprint density at radius 2 is 1.96 bits per heavy atom. The van der Waals surface area contributed by atoms with Gasteiger partial charge < -0.3 is 5.32 Å². The molecular weight excluding hydrogens is 370 g/mol. The van der Waals surface area contributed by atoms with Crippen molar-refractivity contribution in [3.63, 3.8) is 0 Å². The highest BCUT2D eigenvalue weighted by Crippen LogP contribution is 2.43. The third kappa shape index (κ3) is 3.17. The van der Waals surface area contributed by atoms with Crippen LogP contribution >= 0.6 is 11.3 Å². The second kappa shape index (κ2) is 7.09. The Kier molecular flexibility index (Phi) is 4.81. The Balaban J connectivity index is 1.68. The van der Waals surface area contributed by atoms with Crippen LogP contribution in [0.2, 0.25) is 0 Å². The standard InChI is InChI=1S/C18H21N3O3S2/c22-17(20-18-19-10-11-25-18)16-12-13-6-4-5-9-15(13)21(16)26(23,24)14-7-2-1-3-8-14/h1-3,7-8,10-11,13,15-16H,4-6,9,12H2,(H,19,20,22)/t13-,15+,16-/m0/s1. The van der Waals surface area contributed by atoms with Crippen molar-refractivity contribution in [1.82, 2.24) is 9.29 Å². The minimum absolute atomic E-state index is 0.0963. The van der Waals surface area contributed by atoms with Gasteiger partial charge in [-0.1, -0.05) is 31.0 Å². The lowest BCUT2D eigenvalue weighted by Gasteiger charge is -2.32. The van der Waals surface area contributed by atoms with Gasteiger partial charge in [-0.2, -0.15) is 4.31 Å². The van der Waals surface area contributed by atoms with Gasteiger partial charge in [0.05, 0.1) is 4.90 Å². The van der Waals surface area contributed by atoms with Crippen LogP contribution in [-0.4, -0.2) is 35.7 Å². The van der Waals surface area contributed by atoms with Gasteiger partial charge in [0.1, 0.15) is 6.04 Å². The van der Waals surface area contributed by atoms with Crippen molar-refractivity contribution in [3.8, 4) is 0 Å². The predicted octanol–water partition coefficient (Wildman–Crippen LogP) is 3.10. The number of anilines is 1. The molecule has 2 aliphatic rings. The quantitative estimate of drug-likeness (QED) is 0.869. The summed E-state index contributed by atoms with van der Waals surface area (Å²) < 4.78 is 28.2. The van der Waals surface area contributed by atoms with Gasteiger partial charge in [0, 0.05) is 17.6 Å². The van der Waals surface area contributed by atoms with Crippen LogP contribution in [0.5, 0.6) is 0 Å². The Labute approximate surface area is 157 Å². The number of sulfonamides is 1. The SMILES string of the molecule is O=C(Nc1nccs1)[C@@H]1C[C@@H]2CCCC[C@H]2N1S(=O)(=O)c1ccccc1. The van der Waals surface area contributed by atoms with Crippen molar-refractivity contribution < 1.29 is 13.2 Å². The summed E-state index contributed by atoms with van der Waals surface area (Å²) in [6, 6.07) is 7.64. The number of aromatic nitrogens is 1. The molecule has 1 saturated heterocycles. The van der Waals surface area contributed by atoms with E-state index in [4.69, 9.17) is 0 Å². The summed E-state index contributed by atoms with van der Waals surface area (Å²) in [6.07, 6.45) is 6.09. The van der Waals surface area contributed by atoms with E-state index in [9.17, 15) is 13.2 Å². The van der Waals surface area contributed by atoms with Gasteiger partial charge in [-0.25, -0.2) is 13.4 Å². The Morgan fingerprint density at radius 1 is 1.19 bits per heavy atom. The zero-order valence-electron chi connectivity index (χ0n) is 14.2. The molecule has 6 nitrogen and oxygen atoms in total. The molecule has 138 valence electrons. The van der Waals surface area contributed by atoms with Crippen LogP contribution in [0.15, 0.2) is 46.8 Å². The van der Waals surface area contributed by atoms with E-state index >= 15 is 0 Å². The van der Waals surface area contributed by atoms with E-state index < -0.39 is 16.1 Å². The van der Waals surface area contributed by atoms with Crippen LogP contribution in [0.25, 0.3) is 0 Å². The Hall–Kier alpha value is -1.77. The molecule has 1 aliphatic carbocycles. The van der Waals surface area contributed by atoms with Gasteiger partial charge in [0.15, 0.2) is 5.13 Å². The highest BCUT2D eigenvalue weighted by Gasteiger charge is 2.51. The van der Waals surface area contributed by atoms with Crippen molar-refractivity contribution in [3.05, 3.63) is 41.9 Å². The van der Waals surface area contributed by atoms with Crippen molar-refractivity contribution in [1.29, 1.82) is 0 Å². The van der Waals surface area contributed by atoms with Crippen LogP contribution in [0.3, 0.4) is 0 Å². The fourth-order valence-electron chi connectivity index (χ4n) is 4.18. The molecule has 1 amide bonds. The topological polar surface area (TPSA) is 79.4 Å². The predicted molar refractivity (Wildman–Crippen MR) is 100 cm³/mol. The molecule has 0 unspecified atom stereocenters. The van der Waals surface area contributed by atoms with Crippen LogP contribution < -0.4 is 5.32 Å². The molecule has 2 aromatic rings. The smallest absolute Gasteiger partial charge is 0.244 e. The first-order valence-corrected chi connectivity index (χ1v) is 11.2. The van der Waals surface area contributed by atoms with E-state index in [1.165, 1.54) is 15.6 Å². The van der Waals surface area contributed by atoms with E-state index in [-0.39, 0.29) is 22.8 Å². The van der Waals surface area contributed by atoms with E-state index in [0.717, 1.165) is 25.7 Å². The summed E-state index contributed by atoms with van der Waals surface area (Å²) in [6.45, 7) is 0. The first kappa shape index (κ1) is 17.6. The lowest BCUT2D eigenvalue weighted by Crippen LogP contribution is -2.47.